The van der Waals surface area contributed by atoms with Gasteiger partial charge in [-0.2, -0.15) is 0 Å². The zero-order chi connectivity index (χ0) is 17.8. The fourth-order valence-electron chi connectivity index (χ4n) is 3.27. The molecule has 1 fully saturated rings. The second kappa shape index (κ2) is 7.64. The zero-order valence-electron chi connectivity index (χ0n) is 15.2. The Hall–Kier alpha value is -2.43. The Balaban J connectivity index is 1.51. The van der Waals surface area contributed by atoms with Crippen LogP contribution in [-0.4, -0.2) is 29.0 Å². The summed E-state index contributed by atoms with van der Waals surface area (Å²) in [6.45, 7) is 8.29. The molecule has 0 bridgehead atoms. The quantitative estimate of drug-likeness (QED) is 0.931. The van der Waals surface area contributed by atoms with Gasteiger partial charge in [0, 0.05) is 37.3 Å². The fourth-order valence-corrected chi connectivity index (χ4v) is 3.27. The van der Waals surface area contributed by atoms with Crippen molar-refractivity contribution in [2.45, 2.75) is 40.2 Å². The van der Waals surface area contributed by atoms with Gasteiger partial charge in [0.05, 0.1) is 0 Å². The molecule has 5 nitrogen and oxygen atoms in total. The third-order valence-corrected chi connectivity index (χ3v) is 4.73. The van der Waals surface area contributed by atoms with Crippen molar-refractivity contribution < 1.29 is 4.79 Å². The standard InChI is InChI=1S/C20H26N4O/c1-14-4-6-17(7-5-14)13-21-20(25)18-8-10-24(11-9-18)19-12-15(2)22-16(3)23-19/h4-7,12,18H,8-11,13H2,1-3H3,(H,21,25). The maximum absolute atomic E-state index is 12.4. The molecule has 2 aromatic rings. The van der Waals surface area contributed by atoms with Crippen LogP contribution < -0.4 is 10.2 Å². The molecule has 25 heavy (non-hydrogen) atoms. The lowest BCUT2D eigenvalue weighted by atomic mass is 9.95. The average Bonchev–Trinajstić information content (AvgIpc) is 2.60. The third kappa shape index (κ3) is 4.56. The molecule has 1 N–H and O–H groups in total. The Morgan fingerprint density at radius 2 is 1.80 bits per heavy atom. The molecule has 132 valence electrons. The molecule has 3 rings (SSSR count). The summed E-state index contributed by atoms with van der Waals surface area (Å²) in [6, 6.07) is 10.3. The second-order valence-electron chi connectivity index (χ2n) is 6.88. The summed E-state index contributed by atoms with van der Waals surface area (Å²) in [5, 5.41) is 3.08. The molecule has 0 saturated carbocycles. The number of nitrogens with zero attached hydrogens (tertiary/aromatic N) is 3. The lowest BCUT2D eigenvalue weighted by molar-refractivity contribution is -0.125. The van der Waals surface area contributed by atoms with Crippen LogP contribution >= 0.6 is 0 Å². The summed E-state index contributed by atoms with van der Waals surface area (Å²) >= 11 is 0. The number of hydrogen-bond donors (Lipinski definition) is 1. The number of amides is 1. The highest BCUT2D eigenvalue weighted by Crippen LogP contribution is 2.22. The molecule has 0 spiro atoms. The Labute approximate surface area is 149 Å². The van der Waals surface area contributed by atoms with E-state index >= 15 is 0 Å². The topological polar surface area (TPSA) is 58.1 Å². The largest absolute Gasteiger partial charge is 0.356 e. The highest BCUT2D eigenvalue weighted by atomic mass is 16.1. The van der Waals surface area contributed by atoms with Crippen LogP contribution in [0.1, 0.15) is 35.5 Å². The van der Waals surface area contributed by atoms with Crippen LogP contribution in [0.3, 0.4) is 0 Å². The minimum Gasteiger partial charge on any atom is -0.356 e. The van der Waals surface area contributed by atoms with Gasteiger partial charge < -0.3 is 10.2 Å². The Kier molecular flexibility index (Phi) is 5.31. The first kappa shape index (κ1) is 17.4. The highest BCUT2D eigenvalue weighted by Gasteiger charge is 2.25. The number of anilines is 1. The van der Waals surface area contributed by atoms with Gasteiger partial charge in [-0.05, 0) is 39.2 Å². The normalized spacial score (nSPS) is 15.2. The van der Waals surface area contributed by atoms with Crippen LogP contribution in [0.5, 0.6) is 0 Å². The Morgan fingerprint density at radius 1 is 1.12 bits per heavy atom. The number of carbonyl (C=O) groups excluding carboxylic acids is 1. The second-order valence-corrected chi connectivity index (χ2v) is 6.88. The van der Waals surface area contributed by atoms with Gasteiger partial charge in [-0.25, -0.2) is 9.97 Å². The first-order valence-electron chi connectivity index (χ1n) is 8.92. The Morgan fingerprint density at radius 3 is 2.44 bits per heavy atom. The summed E-state index contributed by atoms with van der Waals surface area (Å²) in [7, 11) is 0. The van der Waals surface area contributed by atoms with E-state index in [1.165, 1.54) is 5.56 Å². The van der Waals surface area contributed by atoms with Gasteiger partial charge in [0.25, 0.3) is 0 Å². The SMILES string of the molecule is Cc1ccc(CNC(=O)C2CCN(c3cc(C)nc(C)n3)CC2)cc1. The van der Waals surface area contributed by atoms with Crippen LogP contribution in [-0.2, 0) is 11.3 Å². The van der Waals surface area contributed by atoms with Crippen LogP contribution in [0.15, 0.2) is 30.3 Å². The molecule has 1 aromatic carbocycles. The molecule has 2 heterocycles. The van der Waals surface area contributed by atoms with E-state index in [2.05, 4.69) is 51.4 Å². The van der Waals surface area contributed by atoms with Crippen LogP contribution in [0, 0.1) is 26.7 Å². The first-order valence-corrected chi connectivity index (χ1v) is 8.92. The molecule has 0 aliphatic carbocycles. The predicted octanol–water partition coefficient (Wildman–Crippen LogP) is 2.93. The molecule has 5 heteroatoms. The zero-order valence-corrected chi connectivity index (χ0v) is 15.2. The summed E-state index contributed by atoms with van der Waals surface area (Å²) in [5.41, 5.74) is 3.36. The maximum Gasteiger partial charge on any atom is 0.223 e. The number of benzene rings is 1. The van der Waals surface area contributed by atoms with E-state index in [4.69, 9.17) is 0 Å². The van der Waals surface area contributed by atoms with Crippen LogP contribution in [0.25, 0.3) is 0 Å². The van der Waals surface area contributed by atoms with Gasteiger partial charge >= 0.3 is 0 Å². The van der Waals surface area contributed by atoms with Crippen molar-refractivity contribution in [2.24, 2.45) is 5.92 Å². The van der Waals surface area contributed by atoms with Crippen LogP contribution in [0.4, 0.5) is 5.82 Å². The molecular weight excluding hydrogens is 312 g/mol. The van der Waals surface area contributed by atoms with Gasteiger partial charge in [-0.15, -0.1) is 0 Å². The van der Waals surface area contributed by atoms with Crippen molar-refractivity contribution >= 4 is 11.7 Å². The number of aromatic nitrogens is 2. The number of hydrogen-bond acceptors (Lipinski definition) is 4. The van der Waals surface area contributed by atoms with E-state index in [0.29, 0.717) is 6.54 Å². The van der Waals surface area contributed by atoms with Crippen molar-refractivity contribution in [3.63, 3.8) is 0 Å². The van der Waals surface area contributed by atoms with Gasteiger partial charge in [0.2, 0.25) is 5.91 Å². The van der Waals surface area contributed by atoms with Gasteiger partial charge in [-0.1, -0.05) is 29.8 Å². The van der Waals surface area contributed by atoms with E-state index in [0.717, 1.165) is 48.8 Å². The summed E-state index contributed by atoms with van der Waals surface area (Å²) in [6.07, 6.45) is 1.73. The molecule has 0 atom stereocenters. The van der Waals surface area contributed by atoms with Gasteiger partial charge in [0.1, 0.15) is 11.6 Å². The lowest BCUT2D eigenvalue weighted by Gasteiger charge is -2.32. The van der Waals surface area contributed by atoms with Crippen molar-refractivity contribution in [1.82, 2.24) is 15.3 Å². The summed E-state index contributed by atoms with van der Waals surface area (Å²) in [5.74, 6) is 2.03. The third-order valence-electron chi connectivity index (χ3n) is 4.73. The minimum atomic E-state index is 0.0886. The van der Waals surface area contributed by atoms with Crippen molar-refractivity contribution in [1.29, 1.82) is 0 Å². The molecule has 1 saturated heterocycles. The smallest absolute Gasteiger partial charge is 0.223 e. The highest BCUT2D eigenvalue weighted by molar-refractivity contribution is 5.79. The number of nitrogens with one attached hydrogen (secondary N) is 1. The fraction of sp³-hybridized carbons (Fsp3) is 0.450. The summed E-state index contributed by atoms with van der Waals surface area (Å²) < 4.78 is 0. The van der Waals surface area contributed by atoms with Crippen molar-refractivity contribution in [2.75, 3.05) is 18.0 Å². The molecule has 1 aromatic heterocycles. The van der Waals surface area contributed by atoms with E-state index in [9.17, 15) is 4.79 Å². The van der Waals surface area contributed by atoms with Crippen molar-refractivity contribution in [3.05, 3.63) is 53.0 Å². The molecule has 0 unspecified atom stereocenters. The van der Waals surface area contributed by atoms with Crippen molar-refractivity contribution in [3.8, 4) is 0 Å². The van der Waals surface area contributed by atoms with Gasteiger partial charge in [-0.3, -0.25) is 4.79 Å². The number of aryl methyl sites for hydroxylation is 3. The molecule has 1 amide bonds. The summed E-state index contributed by atoms with van der Waals surface area (Å²) in [4.78, 5) is 23.5. The first-order chi connectivity index (χ1) is 12.0. The minimum absolute atomic E-state index is 0.0886. The number of piperidine rings is 1. The van der Waals surface area contributed by atoms with Gasteiger partial charge in [0.15, 0.2) is 0 Å². The van der Waals surface area contributed by atoms with E-state index in [-0.39, 0.29) is 11.8 Å². The molecule has 1 aliphatic rings. The molecular formula is C20H26N4O. The number of carbonyl (C=O) groups is 1. The average molecular weight is 338 g/mol. The lowest BCUT2D eigenvalue weighted by Crippen LogP contribution is -2.40. The number of rotatable bonds is 4. The predicted molar refractivity (Wildman–Crippen MR) is 99.5 cm³/mol. The van der Waals surface area contributed by atoms with E-state index < -0.39 is 0 Å². The Bertz CT molecular complexity index is 714. The maximum atomic E-state index is 12.4. The molecule has 1 aliphatic heterocycles. The monoisotopic (exact) mass is 338 g/mol. The van der Waals surface area contributed by atoms with E-state index in [1.54, 1.807) is 0 Å². The molecule has 0 radical (unpaired) electrons. The van der Waals surface area contributed by atoms with E-state index in [1.807, 2.05) is 19.9 Å². The van der Waals surface area contributed by atoms with Crippen LogP contribution in [0.2, 0.25) is 0 Å².